The summed E-state index contributed by atoms with van der Waals surface area (Å²) in [4.78, 5) is 12.7. The molecule has 5 heteroatoms. The van der Waals surface area contributed by atoms with Gasteiger partial charge in [-0.1, -0.05) is 5.16 Å². The van der Waals surface area contributed by atoms with E-state index in [1.807, 2.05) is 0 Å². The van der Waals surface area contributed by atoms with Crippen molar-refractivity contribution in [1.29, 1.82) is 0 Å². The summed E-state index contributed by atoms with van der Waals surface area (Å²) < 4.78 is 4.92. The molecule has 1 aromatic rings. The molecular weight excluding hydrogens is 184 g/mol. The van der Waals surface area contributed by atoms with Crippen LogP contribution >= 0.6 is 0 Å². The molecule has 1 aromatic heterocycles. The van der Waals surface area contributed by atoms with Gasteiger partial charge in [0.05, 0.1) is 6.54 Å². The number of carboxylic acids is 1. The molecule has 0 saturated carbocycles. The molecule has 0 radical (unpaired) electrons. The van der Waals surface area contributed by atoms with Crippen molar-refractivity contribution >= 4 is 5.97 Å². The number of likely N-dealkylation sites (tertiary alicyclic amines) is 1. The first-order chi connectivity index (χ1) is 6.75. The third-order valence-electron chi connectivity index (χ3n) is 2.36. The molecule has 1 N–H and O–H groups in total. The van der Waals surface area contributed by atoms with E-state index in [4.69, 9.17) is 9.63 Å². The summed E-state index contributed by atoms with van der Waals surface area (Å²) in [6.45, 7) is 2.78. The van der Waals surface area contributed by atoms with Gasteiger partial charge in [0.25, 0.3) is 0 Å². The summed E-state index contributed by atoms with van der Waals surface area (Å²) >= 11 is 0. The van der Waals surface area contributed by atoms with E-state index < -0.39 is 5.97 Å². The third kappa shape index (κ3) is 1.93. The standard InChI is InChI=1S/C9H12N2O3/c12-9(13)8-5-7(14-10-8)6-11-3-1-2-4-11/h5H,1-4,6H2,(H,12,13). The van der Waals surface area contributed by atoms with Gasteiger partial charge in [-0.25, -0.2) is 4.79 Å². The molecule has 1 aliphatic rings. The lowest BCUT2D eigenvalue weighted by Gasteiger charge is -2.10. The van der Waals surface area contributed by atoms with Crippen LogP contribution in [-0.2, 0) is 6.54 Å². The summed E-state index contributed by atoms with van der Waals surface area (Å²) in [5, 5.41) is 12.1. The first-order valence-electron chi connectivity index (χ1n) is 4.67. The van der Waals surface area contributed by atoms with Crippen LogP contribution in [0.3, 0.4) is 0 Å². The molecule has 2 rings (SSSR count). The SMILES string of the molecule is O=C(O)c1cc(CN2CCCC2)on1. The molecule has 1 fully saturated rings. The predicted molar refractivity (Wildman–Crippen MR) is 48.0 cm³/mol. The maximum Gasteiger partial charge on any atom is 0.358 e. The van der Waals surface area contributed by atoms with Crippen LogP contribution in [-0.4, -0.2) is 34.2 Å². The fraction of sp³-hybridized carbons (Fsp3) is 0.556. The molecule has 0 spiro atoms. The number of aromatic carboxylic acids is 1. The lowest BCUT2D eigenvalue weighted by Crippen LogP contribution is -2.17. The van der Waals surface area contributed by atoms with E-state index in [0.29, 0.717) is 12.3 Å². The van der Waals surface area contributed by atoms with Gasteiger partial charge in [-0.2, -0.15) is 0 Å². The van der Waals surface area contributed by atoms with Crippen molar-refractivity contribution in [3.05, 3.63) is 17.5 Å². The Kier molecular flexibility index (Phi) is 2.49. The van der Waals surface area contributed by atoms with E-state index >= 15 is 0 Å². The predicted octanol–water partition coefficient (Wildman–Crippen LogP) is 0.969. The van der Waals surface area contributed by atoms with Gasteiger partial charge in [-0.05, 0) is 25.9 Å². The minimum Gasteiger partial charge on any atom is -0.476 e. The van der Waals surface area contributed by atoms with Crippen molar-refractivity contribution in [2.45, 2.75) is 19.4 Å². The zero-order valence-electron chi connectivity index (χ0n) is 7.77. The van der Waals surface area contributed by atoms with Crippen LogP contribution in [0.2, 0.25) is 0 Å². The molecular formula is C9H12N2O3. The minimum absolute atomic E-state index is 0.0146. The molecule has 5 nitrogen and oxygen atoms in total. The van der Waals surface area contributed by atoms with E-state index in [2.05, 4.69) is 10.1 Å². The van der Waals surface area contributed by atoms with Crippen LogP contribution in [0, 0.1) is 0 Å². The van der Waals surface area contributed by atoms with Crippen molar-refractivity contribution in [2.75, 3.05) is 13.1 Å². The average molecular weight is 196 g/mol. The first kappa shape index (κ1) is 9.21. The third-order valence-corrected chi connectivity index (χ3v) is 2.36. The van der Waals surface area contributed by atoms with Crippen LogP contribution in [0.5, 0.6) is 0 Å². The largest absolute Gasteiger partial charge is 0.476 e. The highest BCUT2D eigenvalue weighted by Gasteiger charge is 2.16. The Morgan fingerprint density at radius 2 is 2.29 bits per heavy atom. The minimum atomic E-state index is -1.04. The highest BCUT2D eigenvalue weighted by atomic mass is 16.5. The van der Waals surface area contributed by atoms with E-state index in [-0.39, 0.29) is 5.69 Å². The van der Waals surface area contributed by atoms with Gasteiger partial charge in [0.1, 0.15) is 0 Å². The molecule has 0 unspecified atom stereocenters. The lowest BCUT2D eigenvalue weighted by atomic mass is 10.3. The monoisotopic (exact) mass is 196 g/mol. The number of hydrogen-bond donors (Lipinski definition) is 1. The van der Waals surface area contributed by atoms with Crippen molar-refractivity contribution in [2.24, 2.45) is 0 Å². The van der Waals surface area contributed by atoms with Gasteiger partial charge in [0, 0.05) is 6.07 Å². The lowest BCUT2D eigenvalue weighted by molar-refractivity contribution is 0.0685. The van der Waals surface area contributed by atoms with Crippen LogP contribution in [0.25, 0.3) is 0 Å². The Morgan fingerprint density at radius 3 is 2.86 bits per heavy atom. The number of aromatic nitrogens is 1. The molecule has 76 valence electrons. The van der Waals surface area contributed by atoms with Gasteiger partial charge < -0.3 is 9.63 Å². The van der Waals surface area contributed by atoms with E-state index in [1.54, 1.807) is 0 Å². The first-order valence-corrected chi connectivity index (χ1v) is 4.67. The molecule has 0 amide bonds. The Balaban J connectivity index is 1.98. The number of rotatable bonds is 3. The summed E-state index contributed by atoms with van der Waals surface area (Å²) in [5.74, 6) is -0.411. The Hall–Kier alpha value is -1.36. The second kappa shape index (κ2) is 3.79. The number of carbonyl (C=O) groups is 1. The van der Waals surface area contributed by atoms with Crippen molar-refractivity contribution in [3.8, 4) is 0 Å². The Bertz CT molecular complexity index is 329. The van der Waals surface area contributed by atoms with Crippen molar-refractivity contribution in [3.63, 3.8) is 0 Å². The number of carboxylic acid groups (broad SMARTS) is 1. The van der Waals surface area contributed by atoms with Crippen LogP contribution in [0.4, 0.5) is 0 Å². The summed E-state index contributed by atoms with van der Waals surface area (Å²) in [5.41, 5.74) is -0.0146. The van der Waals surface area contributed by atoms with Crippen molar-refractivity contribution in [1.82, 2.24) is 10.1 Å². The molecule has 1 aliphatic heterocycles. The van der Waals surface area contributed by atoms with Crippen LogP contribution in [0.15, 0.2) is 10.6 Å². The zero-order valence-corrected chi connectivity index (χ0v) is 7.77. The summed E-state index contributed by atoms with van der Waals surface area (Å²) in [6, 6.07) is 1.49. The van der Waals surface area contributed by atoms with Crippen LogP contribution in [0.1, 0.15) is 29.1 Å². The zero-order chi connectivity index (χ0) is 9.97. The smallest absolute Gasteiger partial charge is 0.358 e. The molecule has 1 saturated heterocycles. The number of nitrogens with zero attached hydrogens (tertiary/aromatic N) is 2. The van der Waals surface area contributed by atoms with Gasteiger partial charge in [-0.3, -0.25) is 4.90 Å². The van der Waals surface area contributed by atoms with Gasteiger partial charge in [0.15, 0.2) is 11.5 Å². The molecule has 0 atom stereocenters. The average Bonchev–Trinajstić information content (AvgIpc) is 2.75. The van der Waals surface area contributed by atoms with Gasteiger partial charge in [0.2, 0.25) is 0 Å². The Labute approximate surface area is 81.3 Å². The maximum absolute atomic E-state index is 10.5. The van der Waals surface area contributed by atoms with Crippen molar-refractivity contribution < 1.29 is 14.4 Å². The molecule has 0 bridgehead atoms. The van der Waals surface area contributed by atoms with E-state index in [0.717, 1.165) is 13.1 Å². The topological polar surface area (TPSA) is 66.6 Å². The Morgan fingerprint density at radius 1 is 1.57 bits per heavy atom. The fourth-order valence-corrected chi connectivity index (χ4v) is 1.65. The molecule has 0 aromatic carbocycles. The second-order valence-corrected chi connectivity index (χ2v) is 3.47. The normalized spacial score (nSPS) is 17.4. The molecule has 2 heterocycles. The van der Waals surface area contributed by atoms with Crippen LogP contribution < -0.4 is 0 Å². The van der Waals surface area contributed by atoms with E-state index in [9.17, 15) is 4.79 Å². The van der Waals surface area contributed by atoms with Gasteiger partial charge in [-0.15, -0.1) is 0 Å². The molecule has 0 aliphatic carbocycles. The maximum atomic E-state index is 10.5. The highest BCUT2D eigenvalue weighted by molar-refractivity contribution is 5.85. The molecule has 14 heavy (non-hydrogen) atoms. The fourth-order valence-electron chi connectivity index (χ4n) is 1.65. The van der Waals surface area contributed by atoms with E-state index in [1.165, 1.54) is 18.9 Å². The highest BCUT2D eigenvalue weighted by Crippen LogP contribution is 2.13. The second-order valence-electron chi connectivity index (χ2n) is 3.47. The number of hydrogen-bond acceptors (Lipinski definition) is 4. The van der Waals surface area contributed by atoms with Gasteiger partial charge >= 0.3 is 5.97 Å². The summed E-state index contributed by atoms with van der Waals surface area (Å²) in [6.07, 6.45) is 2.42. The summed E-state index contributed by atoms with van der Waals surface area (Å²) in [7, 11) is 0. The quantitative estimate of drug-likeness (QED) is 0.780.